The number of hydrogen-bond donors (Lipinski definition) is 2. The minimum atomic E-state index is -1.24. The molecule has 0 aliphatic carbocycles. The van der Waals surface area contributed by atoms with E-state index < -0.39 is 24.5 Å². The van der Waals surface area contributed by atoms with E-state index in [2.05, 4.69) is 0 Å². The number of carbonyl (C=O) groups excluding carboxylic acids is 2. The summed E-state index contributed by atoms with van der Waals surface area (Å²) < 4.78 is 20.7. The number of hydrogen-bond acceptors (Lipinski definition) is 8. The Bertz CT molecular complexity index is 1170. The van der Waals surface area contributed by atoms with Crippen LogP contribution >= 0.6 is 0 Å². The average Bonchev–Trinajstić information content (AvgIpc) is 2.88. The fourth-order valence-corrected chi connectivity index (χ4v) is 3.01. The molecule has 0 aliphatic heterocycles. The van der Waals surface area contributed by atoms with Gasteiger partial charge < -0.3 is 34.1 Å². The molecule has 0 aliphatic rings. The van der Waals surface area contributed by atoms with Gasteiger partial charge in [0.15, 0.2) is 11.5 Å². The van der Waals surface area contributed by atoms with Crippen molar-refractivity contribution in [2.24, 2.45) is 0 Å². The lowest BCUT2D eigenvalue weighted by Gasteiger charge is -2.19. The normalized spacial score (nSPS) is 11.2. The molecule has 1 atom stereocenters. The predicted octanol–water partition coefficient (Wildman–Crippen LogP) is 4.76. The summed E-state index contributed by atoms with van der Waals surface area (Å²) in [6.45, 7) is -0.333. The van der Waals surface area contributed by atoms with Crippen LogP contribution in [0.2, 0.25) is 0 Å². The van der Waals surface area contributed by atoms with Gasteiger partial charge in [0.05, 0.1) is 12.6 Å². The molecule has 0 aromatic heterocycles. The molecule has 3 aromatic carbocycles. The third-order valence-electron chi connectivity index (χ3n) is 4.91. The molecule has 188 valence electrons. The van der Waals surface area contributed by atoms with Gasteiger partial charge >= 0.3 is 18.4 Å². The second-order valence-electron chi connectivity index (χ2n) is 7.64. The summed E-state index contributed by atoms with van der Waals surface area (Å²) in [6.07, 6.45) is -4.58. The third-order valence-corrected chi connectivity index (χ3v) is 4.91. The Morgan fingerprint density at radius 1 is 0.778 bits per heavy atom. The fourth-order valence-electron chi connectivity index (χ4n) is 3.01. The average molecular weight is 495 g/mol. The molecule has 0 bridgehead atoms. The highest BCUT2D eigenvalue weighted by Crippen LogP contribution is 2.32. The first kappa shape index (κ1) is 26.0. The van der Waals surface area contributed by atoms with Crippen molar-refractivity contribution in [3.63, 3.8) is 0 Å². The molecule has 0 radical (unpaired) electrons. The van der Waals surface area contributed by atoms with Crippen LogP contribution in [0.15, 0.2) is 78.9 Å². The van der Waals surface area contributed by atoms with E-state index >= 15 is 0 Å². The van der Waals surface area contributed by atoms with Crippen molar-refractivity contribution in [1.29, 1.82) is 0 Å². The molecule has 0 saturated carbocycles. The summed E-state index contributed by atoms with van der Waals surface area (Å²) in [7, 11) is 1.30. The molecular weight excluding hydrogens is 470 g/mol. The van der Waals surface area contributed by atoms with E-state index in [9.17, 15) is 19.5 Å². The second-order valence-corrected chi connectivity index (χ2v) is 7.64. The zero-order chi connectivity index (χ0) is 25.9. The number of amides is 1. The molecule has 10 heteroatoms. The van der Waals surface area contributed by atoms with Crippen LogP contribution < -0.4 is 9.47 Å². The Kier molecular flexibility index (Phi) is 9.24. The van der Waals surface area contributed by atoms with E-state index in [0.717, 1.165) is 16.0 Å². The first-order chi connectivity index (χ1) is 17.3. The molecule has 3 aromatic rings. The van der Waals surface area contributed by atoms with Crippen molar-refractivity contribution in [3.8, 4) is 11.5 Å². The summed E-state index contributed by atoms with van der Waals surface area (Å²) in [4.78, 5) is 36.5. The van der Waals surface area contributed by atoms with Gasteiger partial charge in [-0.2, -0.15) is 0 Å². The molecule has 0 heterocycles. The van der Waals surface area contributed by atoms with Crippen molar-refractivity contribution >= 4 is 18.4 Å². The number of aliphatic hydroxyl groups excluding tert-OH is 1. The van der Waals surface area contributed by atoms with Crippen LogP contribution in [0.1, 0.15) is 22.8 Å². The molecular formula is C26H25NO9. The van der Waals surface area contributed by atoms with Crippen molar-refractivity contribution in [1.82, 2.24) is 4.90 Å². The highest BCUT2D eigenvalue weighted by atomic mass is 16.7. The summed E-state index contributed by atoms with van der Waals surface area (Å²) >= 11 is 0. The van der Waals surface area contributed by atoms with Gasteiger partial charge in [-0.25, -0.2) is 14.4 Å². The van der Waals surface area contributed by atoms with Crippen LogP contribution in [0.4, 0.5) is 14.4 Å². The molecule has 2 N–H and O–H groups in total. The van der Waals surface area contributed by atoms with E-state index in [-0.39, 0.29) is 36.8 Å². The van der Waals surface area contributed by atoms with Crippen LogP contribution in [-0.2, 0) is 22.7 Å². The first-order valence-electron chi connectivity index (χ1n) is 10.8. The van der Waals surface area contributed by atoms with Gasteiger partial charge in [-0.15, -0.1) is 0 Å². The maximum absolute atomic E-state index is 12.3. The van der Waals surface area contributed by atoms with E-state index in [0.29, 0.717) is 0 Å². The molecule has 3 rings (SSSR count). The van der Waals surface area contributed by atoms with Crippen LogP contribution in [-0.4, -0.2) is 47.1 Å². The lowest BCUT2D eigenvalue weighted by Crippen LogP contribution is -2.29. The lowest BCUT2D eigenvalue weighted by molar-refractivity contribution is 0.0828. The van der Waals surface area contributed by atoms with E-state index in [1.807, 2.05) is 12.1 Å². The third kappa shape index (κ3) is 8.03. The molecule has 1 amide bonds. The van der Waals surface area contributed by atoms with Gasteiger partial charge in [0.1, 0.15) is 13.2 Å². The highest BCUT2D eigenvalue weighted by molar-refractivity contribution is 5.69. The number of rotatable bonds is 9. The maximum atomic E-state index is 12.3. The Labute approximate surface area is 207 Å². The maximum Gasteiger partial charge on any atom is 0.514 e. The number of benzene rings is 3. The second kappa shape index (κ2) is 12.8. The Hall–Kier alpha value is -4.57. The van der Waals surface area contributed by atoms with Crippen LogP contribution in [0.25, 0.3) is 0 Å². The molecule has 1 unspecified atom stereocenters. The zero-order valence-electron chi connectivity index (χ0n) is 19.4. The number of nitrogens with zero attached hydrogens (tertiary/aromatic N) is 1. The number of ether oxygens (including phenoxy) is 4. The van der Waals surface area contributed by atoms with Crippen molar-refractivity contribution in [3.05, 3.63) is 95.6 Å². The topological polar surface area (TPSA) is 132 Å². The summed E-state index contributed by atoms with van der Waals surface area (Å²) in [5.74, 6) is -0.383. The van der Waals surface area contributed by atoms with Gasteiger partial charge in [-0.3, -0.25) is 0 Å². The fraction of sp³-hybridized carbons (Fsp3) is 0.192. The van der Waals surface area contributed by atoms with Crippen molar-refractivity contribution < 1.29 is 43.5 Å². The van der Waals surface area contributed by atoms with Gasteiger partial charge in [0, 0.05) is 7.05 Å². The minimum Gasteiger partial charge on any atom is -0.465 e. The van der Waals surface area contributed by atoms with Crippen LogP contribution in [0.5, 0.6) is 11.5 Å². The number of carboxylic acid groups (broad SMARTS) is 1. The Morgan fingerprint density at radius 3 is 1.78 bits per heavy atom. The summed E-state index contributed by atoms with van der Waals surface area (Å²) in [5.41, 5.74) is 1.70. The highest BCUT2D eigenvalue weighted by Gasteiger charge is 2.20. The first-order valence-corrected chi connectivity index (χ1v) is 10.8. The molecule has 0 fully saturated rings. The van der Waals surface area contributed by atoms with Crippen LogP contribution in [0.3, 0.4) is 0 Å². The van der Waals surface area contributed by atoms with E-state index in [4.69, 9.17) is 24.1 Å². The standard InChI is InChI=1S/C26H25NO9/c1-27(24(29)30)15-21(28)20-12-13-22(35-25(31)33-16-18-8-4-2-5-9-18)23(14-20)36-26(32)34-17-19-10-6-3-7-11-19/h2-14,21,28H,15-17H2,1H3,(H,29,30). The van der Waals surface area contributed by atoms with E-state index in [1.54, 1.807) is 48.5 Å². The quantitative estimate of drug-likeness (QED) is 0.318. The minimum absolute atomic E-state index is 0.0344. The van der Waals surface area contributed by atoms with Gasteiger partial charge in [0.2, 0.25) is 0 Å². The SMILES string of the molecule is CN(CC(O)c1ccc(OC(=O)OCc2ccccc2)c(OC(=O)OCc2ccccc2)c1)C(=O)O. The molecule has 0 spiro atoms. The molecule has 10 nitrogen and oxygen atoms in total. The van der Waals surface area contributed by atoms with Crippen LogP contribution in [0, 0.1) is 0 Å². The predicted molar refractivity (Wildman–Crippen MR) is 127 cm³/mol. The van der Waals surface area contributed by atoms with Crippen molar-refractivity contribution in [2.45, 2.75) is 19.3 Å². The number of likely N-dealkylation sites (N-methyl/N-ethyl adjacent to an activating group) is 1. The Balaban J connectivity index is 1.72. The van der Waals surface area contributed by atoms with Crippen molar-refractivity contribution in [2.75, 3.05) is 13.6 Å². The summed E-state index contributed by atoms with van der Waals surface area (Å²) in [5, 5.41) is 19.5. The summed E-state index contributed by atoms with van der Waals surface area (Å²) in [6, 6.07) is 21.8. The van der Waals surface area contributed by atoms with E-state index in [1.165, 1.54) is 25.2 Å². The zero-order valence-corrected chi connectivity index (χ0v) is 19.4. The monoisotopic (exact) mass is 495 g/mol. The molecule has 36 heavy (non-hydrogen) atoms. The smallest absolute Gasteiger partial charge is 0.465 e. The van der Waals surface area contributed by atoms with Gasteiger partial charge in [-0.05, 0) is 28.8 Å². The van der Waals surface area contributed by atoms with Gasteiger partial charge in [-0.1, -0.05) is 66.7 Å². The Morgan fingerprint density at radius 2 is 1.28 bits per heavy atom. The lowest BCUT2D eigenvalue weighted by atomic mass is 10.1. The largest absolute Gasteiger partial charge is 0.514 e. The number of carbonyl (C=O) groups is 3. The molecule has 0 saturated heterocycles. The number of aliphatic hydroxyl groups is 1. The van der Waals surface area contributed by atoms with Gasteiger partial charge in [0.25, 0.3) is 0 Å².